The zero-order valence-corrected chi connectivity index (χ0v) is 10.1. The third-order valence-corrected chi connectivity index (χ3v) is 3.78. The van der Waals surface area contributed by atoms with Gasteiger partial charge in [-0.1, -0.05) is 6.08 Å². The second-order valence-electron chi connectivity index (χ2n) is 5.21. The Kier molecular flexibility index (Phi) is 3.40. The SMILES string of the molecule is NC1(CC(=O)N2CC=C(C(F)(F)F)CC2)CCC1. The number of carbonyl (C=O) groups is 1. The predicted octanol–water partition coefficient (Wildman–Crippen LogP) is 1.98. The van der Waals surface area contributed by atoms with Crippen molar-refractivity contribution in [2.24, 2.45) is 5.73 Å². The number of amides is 1. The number of nitrogens with two attached hydrogens (primary N) is 1. The lowest BCUT2D eigenvalue weighted by Crippen LogP contribution is -2.51. The minimum Gasteiger partial charge on any atom is -0.339 e. The minimum absolute atomic E-state index is 0.0454. The van der Waals surface area contributed by atoms with Gasteiger partial charge in [-0.3, -0.25) is 4.79 Å². The highest BCUT2D eigenvalue weighted by Crippen LogP contribution is 2.34. The highest BCUT2D eigenvalue weighted by molar-refractivity contribution is 5.78. The molecule has 1 aliphatic carbocycles. The van der Waals surface area contributed by atoms with Crippen LogP contribution in [0.4, 0.5) is 13.2 Å². The lowest BCUT2D eigenvalue weighted by atomic mass is 9.75. The molecule has 0 spiro atoms. The van der Waals surface area contributed by atoms with Gasteiger partial charge >= 0.3 is 6.18 Å². The molecular formula is C12H17F3N2O. The van der Waals surface area contributed by atoms with Crippen LogP contribution in [-0.4, -0.2) is 35.6 Å². The van der Waals surface area contributed by atoms with E-state index >= 15 is 0 Å². The van der Waals surface area contributed by atoms with E-state index in [1.165, 1.54) is 4.90 Å². The zero-order valence-electron chi connectivity index (χ0n) is 10.1. The summed E-state index contributed by atoms with van der Waals surface area (Å²) in [7, 11) is 0. The fraction of sp³-hybridized carbons (Fsp3) is 0.750. The van der Waals surface area contributed by atoms with Crippen molar-refractivity contribution in [3.63, 3.8) is 0 Å². The first-order chi connectivity index (χ1) is 8.30. The quantitative estimate of drug-likeness (QED) is 0.773. The zero-order chi connectivity index (χ0) is 13.4. The van der Waals surface area contributed by atoms with Crippen molar-refractivity contribution in [2.45, 2.75) is 43.8 Å². The minimum atomic E-state index is -4.27. The van der Waals surface area contributed by atoms with Gasteiger partial charge in [0.15, 0.2) is 0 Å². The number of carbonyl (C=O) groups excluding carboxylic acids is 1. The predicted molar refractivity (Wildman–Crippen MR) is 60.7 cm³/mol. The Balaban J connectivity index is 1.89. The van der Waals surface area contributed by atoms with Gasteiger partial charge in [-0.25, -0.2) is 0 Å². The van der Waals surface area contributed by atoms with Crippen LogP contribution in [0.15, 0.2) is 11.6 Å². The Hall–Kier alpha value is -1.04. The summed E-state index contributed by atoms with van der Waals surface area (Å²) in [5.74, 6) is -0.130. The van der Waals surface area contributed by atoms with Crippen molar-refractivity contribution in [2.75, 3.05) is 13.1 Å². The molecule has 3 nitrogen and oxygen atoms in total. The van der Waals surface area contributed by atoms with Crippen molar-refractivity contribution < 1.29 is 18.0 Å². The molecule has 2 aliphatic rings. The monoisotopic (exact) mass is 262 g/mol. The third-order valence-electron chi connectivity index (χ3n) is 3.78. The third kappa shape index (κ3) is 2.85. The van der Waals surface area contributed by atoms with Crippen molar-refractivity contribution in [1.29, 1.82) is 0 Å². The molecule has 6 heteroatoms. The van der Waals surface area contributed by atoms with E-state index in [2.05, 4.69) is 0 Å². The molecule has 2 rings (SSSR count). The first kappa shape index (κ1) is 13.4. The van der Waals surface area contributed by atoms with Crippen molar-refractivity contribution in [3.8, 4) is 0 Å². The van der Waals surface area contributed by atoms with Crippen molar-refractivity contribution >= 4 is 5.91 Å². The average Bonchev–Trinajstić information content (AvgIpc) is 2.26. The molecule has 1 heterocycles. The normalized spacial score (nSPS) is 23.3. The Bertz CT molecular complexity index is 372. The van der Waals surface area contributed by atoms with Gasteiger partial charge in [-0.15, -0.1) is 0 Å². The molecule has 0 bridgehead atoms. The Morgan fingerprint density at radius 2 is 2.11 bits per heavy atom. The molecule has 1 fully saturated rings. The second kappa shape index (κ2) is 4.57. The van der Waals surface area contributed by atoms with E-state index in [0.717, 1.165) is 25.3 Å². The van der Waals surface area contributed by atoms with Gasteiger partial charge in [0, 0.05) is 30.6 Å². The fourth-order valence-electron chi connectivity index (χ4n) is 2.37. The highest BCUT2D eigenvalue weighted by Gasteiger charge is 2.38. The average molecular weight is 262 g/mol. The molecule has 0 radical (unpaired) electrons. The van der Waals surface area contributed by atoms with E-state index in [9.17, 15) is 18.0 Å². The Morgan fingerprint density at radius 3 is 2.50 bits per heavy atom. The van der Waals surface area contributed by atoms with Crippen LogP contribution >= 0.6 is 0 Å². The van der Waals surface area contributed by atoms with E-state index in [0.29, 0.717) is 0 Å². The first-order valence-electron chi connectivity index (χ1n) is 6.13. The lowest BCUT2D eigenvalue weighted by Gasteiger charge is -2.39. The van der Waals surface area contributed by atoms with E-state index in [1.54, 1.807) is 0 Å². The fourth-order valence-corrected chi connectivity index (χ4v) is 2.37. The smallest absolute Gasteiger partial charge is 0.339 e. The molecule has 18 heavy (non-hydrogen) atoms. The van der Waals surface area contributed by atoms with Gasteiger partial charge in [0.2, 0.25) is 5.91 Å². The van der Waals surface area contributed by atoms with E-state index in [-0.39, 0.29) is 31.8 Å². The maximum Gasteiger partial charge on any atom is 0.412 e. The highest BCUT2D eigenvalue weighted by atomic mass is 19.4. The number of hydrogen-bond donors (Lipinski definition) is 1. The second-order valence-corrected chi connectivity index (χ2v) is 5.21. The van der Waals surface area contributed by atoms with Crippen molar-refractivity contribution in [1.82, 2.24) is 4.90 Å². The summed E-state index contributed by atoms with van der Waals surface area (Å²) >= 11 is 0. The molecule has 0 unspecified atom stereocenters. The van der Waals surface area contributed by atoms with Crippen molar-refractivity contribution in [3.05, 3.63) is 11.6 Å². The summed E-state index contributed by atoms with van der Waals surface area (Å²) in [6.07, 6.45) is -0.340. The summed E-state index contributed by atoms with van der Waals surface area (Å²) in [6, 6.07) is 0. The van der Waals surface area contributed by atoms with Gasteiger partial charge in [-0.2, -0.15) is 13.2 Å². The summed E-state index contributed by atoms with van der Waals surface area (Å²) < 4.78 is 37.2. The van der Waals surface area contributed by atoms with Gasteiger partial charge in [-0.05, 0) is 25.7 Å². The van der Waals surface area contributed by atoms with E-state index in [1.807, 2.05) is 0 Å². The molecule has 1 aliphatic heterocycles. The molecule has 1 amide bonds. The van der Waals surface area contributed by atoms with Crippen LogP contribution in [0.2, 0.25) is 0 Å². The molecule has 0 aromatic heterocycles. The van der Waals surface area contributed by atoms with Crippen LogP contribution in [0.25, 0.3) is 0 Å². The van der Waals surface area contributed by atoms with Gasteiger partial charge in [0.05, 0.1) is 0 Å². The molecule has 0 aromatic rings. The standard InChI is InChI=1S/C12H17F3N2O/c13-12(14,15)9-2-6-17(7-3-9)10(18)8-11(16)4-1-5-11/h2H,1,3-8,16H2. The van der Waals surface area contributed by atoms with Crippen LogP contribution in [0.1, 0.15) is 32.1 Å². The molecule has 0 aromatic carbocycles. The van der Waals surface area contributed by atoms with E-state index in [4.69, 9.17) is 5.73 Å². The molecular weight excluding hydrogens is 245 g/mol. The Morgan fingerprint density at radius 1 is 1.44 bits per heavy atom. The summed E-state index contributed by atoms with van der Waals surface area (Å²) in [6.45, 7) is 0.185. The molecule has 102 valence electrons. The summed E-state index contributed by atoms with van der Waals surface area (Å²) in [4.78, 5) is 13.4. The topological polar surface area (TPSA) is 46.3 Å². The lowest BCUT2D eigenvalue weighted by molar-refractivity contribution is -0.134. The number of rotatable bonds is 2. The first-order valence-corrected chi connectivity index (χ1v) is 6.13. The van der Waals surface area contributed by atoms with Crippen LogP contribution in [0.5, 0.6) is 0 Å². The van der Waals surface area contributed by atoms with Gasteiger partial charge in [0.25, 0.3) is 0 Å². The molecule has 0 saturated heterocycles. The van der Waals surface area contributed by atoms with Crippen LogP contribution in [-0.2, 0) is 4.79 Å². The van der Waals surface area contributed by atoms with Gasteiger partial charge < -0.3 is 10.6 Å². The number of nitrogens with zero attached hydrogens (tertiary/aromatic N) is 1. The van der Waals surface area contributed by atoms with Crippen LogP contribution in [0.3, 0.4) is 0 Å². The number of alkyl halides is 3. The molecule has 1 saturated carbocycles. The Labute approximate surface area is 104 Å². The van der Waals surface area contributed by atoms with Crippen LogP contribution < -0.4 is 5.73 Å². The number of hydrogen-bond acceptors (Lipinski definition) is 2. The van der Waals surface area contributed by atoms with E-state index < -0.39 is 17.3 Å². The largest absolute Gasteiger partial charge is 0.412 e. The summed E-state index contributed by atoms with van der Waals surface area (Å²) in [5.41, 5.74) is 5.02. The van der Waals surface area contributed by atoms with Crippen LogP contribution in [0, 0.1) is 0 Å². The number of halogens is 3. The maximum absolute atomic E-state index is 12.4. The molecule has 2 N–H and O–H groups in total. The maximum atomic E-state index is 12.4. The summed E-state index contributed by atoms with van der Waals surface area (Å²) in [5, 5.41) is 0. The molecule has 0 atom stereocenters. The van der Waals surface area contributed by atoms with Gasteiger partial charge in [0.1, 0.15) is 0 Å².